The van der Waals surface area contributed by atoms with Gasteiger partial charge in [0.05, 0.1) is 6.61 Å². The Kier molecular flexibility index (Phi) is 4.77. The third-order valence-electron chi connectivity index (χ3n) is 1.90. The van der Waals surface area contributed by atoms with E-state index in [-0.39, 0.29) is 0 Å². The van der Waals surface area contributed by atoms with E-state index in [1.807, 2.05) is 31.3 Å². The highest BCUT2D eigenvalue weighted by atomic mass is 35.5. The molecular weight excluding hydrogens is 198 g/mol. The van der Waals surface area contributed by atoms with E-state index in [1.165, 1.54) is 0 Å². The molecule has 0 aromatic heterocycles. The molecule has 0 aliphatic heterocycles. The molecule has 0 saturated carbocycles. The molecule has 0 fully saturated rings. The summed E-state index contributed by atoms with van der Waals surface area (Å²) in [5.74, 6) is 1.38. The number of benzene rings is 1. The first-order valence-electron chi connectivity index (χ1n) is 4.75. The van der Waals surface area contributed by atoms with E-state index in [9.17, 15) is 0 Å². The van der Waals surface area contributed by atoms with Gasteiger partial charge in [-0.3, -0.25) is 0 Å². The van der Waals surface area contributed by atoms with Crippen LogP contribution in [-0.2, 0) is 0 Å². The predicted molar refractivity (Wildman–Crippen MR) is 60.0 cm³/mol. The molecule has 0 amide bonds. The maximum Gasteiger partial charge on any atom is 0.119 e. The highest BCUT2D eigenvalue weighted by Gasteiger charge is 2.01. The zero-order valence-electron chi connectivity index (χ0n) is 8.59. The number of hydrogen-bond donors (Lipinski definition) is 1. The van der Waals surface area contributed by atoms with Crippen LogP contribution < -0.4 is 10.1 Å². The van der Waals surface area contributed by atoms with E-state index in [0.717, 1.165) is 23.9 Å². The molecule has 14 heavy (non-hydrogen) atoms. The first kappa shape index (κ1) is 11.3. The Morgan fingerprint density at radius 3 is 2.57 bits per heavy atom. The molecule has 0 saturated heterocycles. The van der Waals surface area contributed by atoms with E-state index in [0.29, 0.717) is 5.92 Å². The summed E-state index contributed by atoms with van der Waals surface area (Å²) in [6, 6.07) is 7.43. The lowest BCUT2D eigenvalue weighted by atomic mass is 10.2. The van der Waals surface area contributed by atoms with Gasteiger partial charge in [-0.2, -0.15) is 0 Å². The minimum Gasteiger partial charge on any atom is -0.493 e. The summed E-state index contributed by atoms with van der Waals surface area (Å²) < 4.78 is 5.58. The van der Waals surface area contributed by atoms with Crippen molar-refractivity contribution in [2.45, 2.75) is 6.92 Å². The molecule has 2 nitrogen and oxygen atoms in total. The summed E-state index contributed by atoms with van der Waals surface area (Å²) in [6.45, 7) is 3.84. The molecule has 0 spiro atoms. The topological polar surface area (TPSA) is 21.3 Å². The second kappa shape index (κ2) is 5.89. The van der Waals surface area contributed by atoms with Crippen LogP contribution in [0.5, 0.6) is 5.75 Å². The molecule has 3 heteroatoms. The summed E-state index contributed by atoms with van der Waals surface area (Å²) in [5, 5.41) is 3.85. The van der Waals surface area contributed by atoms with Gasteiger partial charge in [-0.15, -0.1) is 0 Å². The fraction of sp³-hybridized carbons (Fsp3) is 0.455. The molecule has 1 unspecified atom stereocenters. The molecule has 0 heterocycles. The van der Waals surface area contributed by atoms with Crippen molar-refractivity contribution in [3.8, 4) is 5.75 Å². The highest BCUT2D eigenvalue weighted by Crippen LogP contribution is 2.15. The molecule has 0 aliphatic carbocycles. The molecule has 0 aliphatic rings. The molecular formula is C11H16ClNO. The van der Waals surface area contributed by atoms with Crippen molar-refractivity contribution in [1.29, 1.82) is 0 Å². The number of ether oxygens (including phenoxy) is 1. The van der Waals surface area contributed by atoms with E-state index >= 15 is 0 Å². The van der Waals surface area contributed by atoms with Gasteiger partial charge in [-0.25, -0.2) is 0 Å². The zero-order chi connectivity index (χ0) is 10.4. The third kappa shape index (κ3) is 3.99. The van der Waals surface area contributed by atoms with Gasteiger partial charge in [0.25, 0.3) is 0 Å². The summed E-state index contributed by atoms with van der Waals surface area (Å²) in [6.07, 6.45) is 0. The monoisotopic (exact) mass is 213 g/mol. The Morgan fingerprint density at radius 2 is 2.00 bits per heavy atom. The minimum absolute atomic E-state index is 0.510. The molecule has 1 rings (SSSR count). The van der Waals surface area contributed by atoms with Crippen LogP contribution in [0, 0.1) is 5.92 Å². The molecule has 0 radical (unpaired) electrons. The molecule has 1 aromatic carbocycles. The number of nitrogens with one attached hydrogen (secondary N) is 1. The summed E-state index contributed by atoms with van der Waals surface area (Å²) in [5.41, 5.74) is 0. The SMILES string of the molecule is CNCC(C)COc1ccc(Cl)cc1. The quantitative estimate of drug-likeness (QED) is 0.812. The second-order valence-electron chi connectivity index (χ2n) is 3.43. The van der Waals surface area contributed by atoms with Crippen molar-refractivity contribution in [3.05, 3.63) is 29.3 Å². The fourth-order valence-electron chi connectivity index (χ4n) is 1.18. The average Bonchev–Trinajstić information content (AvgIpc) is 2.17. The van der Waals surface area contributed by atoms with E-state index in [2.05, 4.69) is 12.2 Å². The molecule has 78 valence electrons. The third-order valence-corrected chi connectivity index (χ3v) is 2.15. The number of rotatable bonds is 5. The lowest BCUT2D eigenvalue weighted by Gasteiger charge is -2.12. The fourth-order valence-corrected chi connectivity index (χ4v) is 1.30. The lowest BCUT2D eigenvalue weighted by molar-refractivity contribution is 0.258. The van der Waals surface area contributed by atoms with Gasteiger partial charge in [0, 0.05) is 17.5 Å². The van der Waals surface area contributed by atoms with Crippen LogP contribution >= 0.6 is 11.6 Å². The molecule has 1 aromatic rings. The van der Waals surface area contributed by atoms with Gasteiger partial charge in [-0.05, 0) is 31.3 Å². The van der Waals surface area contributed by atoms with Crippen LogP contribution in [0.15, 0.2) is 24.3 Å². The van der Waals surface area contributed by atoms with Crippen molar-refractivity contribution in [2.24, 2.45) is 5.92 Å². The van der Waals surface area contributed by atoms with Crippen molar-refractivity contribution in [1.82, 2.24) is 5.32 Å². The second-order valence-corrected chi connectivity index (χ2v) is 3.86. The summed E-state index contributed by atoms with van der Waals surface area (Å²) in [4.78, 5) is 0. The first-order valence-corrected chi connectivity index (χ1v) is 5.13. The first-order chi connectivity index (χ1) is 6.72. The minimum atomic E-state index is 0.510. The van der Waals surface area contributed by atoms with Crippen LogP contribution in [0.3, 0.4) is 0 Å². The van der Waals surface area contributed by atoms with E-state index < -0.39 is 0 Å². The van der Waals surface area contributed by atoms with Gasteiger partial charge in [0.15, 0.2) is 0 Å². The van der Waals surface area contributed by atoms with Crippen LogP contribution in [-0.4, -0.2) is 20.2 Å². The van der Waals surface area contributed by atoms with Crippen LogP contribution in [0.25, 0.3) is 0 Å². The van der Waals surface area contributed by atoms with Crippen molar-refractivity contribution in [3.63, 3.8) is 0 Å². The molecule has 1 atom stereocenters. The van der Waals surface area contributed by atoms with Crippen molar-refractivity contribution in [2.75, 3.05) is 20.2 Å². The standard InChI is InChI=1S/C11H16ClNO/c1-9(7-13-2)8-14-11-5-3-10(12)4-6-11/h3-6,9,13H,7-8H2,1-2H3. The highest BCUT2D eigenvalue weighted by molar-refractivity contribution is 6.30. The van der Waals surface area contributed by atoms with Gasteiger partial charge in [0.1, 0.15) is 5.75 Å². The number of hydrogen-bond acceptors (Lipinski definition) is 2. The van der Waals surface area contributed by atoms with Crippen molar-refractivity contribution < 1.29 is 4.74 Å². The van der Waals surface area contributed by atoms with Gasteiger partial charge < -0.3 is 10.1 Å². The smallest absolute Gasteiger partial charge is 0.119 e. The lowest BCUT2D eigenvalue weighted by Crippen LogP contribution is -2.21. The maximum absolute atomic E-state index is 5.76. The summed E-state index contributed by atoms with van der Waals surface area (Å²) in [7, 11) is 1.94. The Hall–Kier alpha value is -0.730. The van der Waals surface area contributed by atoms with E-state index in [4.69, 9.17) is 16.3 Å². The van der Waals surface area contributed by atoms with Crippen molar-refractivity contribution >= 4 is 11.6 Å². The normalized spacial score (nSPS) is 12.5. The van der Waals surface area contributed by atoms with Gasteiger partial charge >= 0.3 is 0 Å². The predicted octanol–water partition coefficient (Wildman–Crippen LogP) is 2.57. The molecule has 1 N–H and O–H groups in total. The number of halogens is 1. The Balaban J connectivity index is 2.34. The Labute approximate surface area is 90.2 Å². The molecule has 0 bridgehead atoms. The zero-order valence-corrected chi connectivity index (χ0v) is 9.34. The Bertz CT molecular complexity index is 260. The van der Waals surface area contributed by atoms with Gasteiger partial charge in [0.2, 0.25) is 0 Å². The Morgan fingerprint density at radius 1 is 1.36 bits per heavy atom. The maximum atomic E-state index is 5.76. The summed E-state index contributed by atoms with van der Waals surface area (Å²) >= 11 is 5.76. The average molecular weight is 214 g/mol. The van der Waals surface area contributed by atoms with E-state index in [1.54, 1.807) is 0 Å². The largest absolute Gasteiger partial charge is 0.493 e. The van der Waals surface area contributed by atoms with Crippen LogP contribution in [0.1, 0.15) is 6.92 Å². The van der Waals surface area contributed by atoms with Gasteiger partial charge in [-0.1, -0.05) is 18.5 Å². The van der Waals surface area contributed by atoms with Crippen LogP contribution in [0.2, 0.25) is 5.02 Å². The van der Waals surface area contributed by atoms with Crippen LogP contribution in [0.4, 0.5) is 0 Å².